The average molecular weight is 414 g/mol. The van der Waals surface area contributed by atoms with Crippen molar-refractivity contribution in [3.05, 3.63) is 23.3 Å². The molecular formula is C25H35NO4. The Bertz CT molecular complexity index is 870. The van der Waals surface area contributed by atoms with Gasteiger partial charge in [0.25, 0.3) is 5.91 Å². The molecule has 4 rings (SSSR count). The van der Waals surface area contributed by atoms with Crippen LogP contribution in [0.2, 0.25) is 0 Å². The number of likely N-dealkylation sites (N-methyl/N-ethyl adjacent to an activating group) is 1. The molecule has 30 heavy (non-hydrogen) atoms. The number of nitrogens with zero attached hydrogens (tertiary/aromatic N) is 1. The highest BCUT2D eigenvalue weighted by molar-refractivity contribution is 5.92. The van der Waals surface area contributed by atoms with Crippen molar-refractivity contribution in [1.29, 1.82) is 0 Å². The minimum absolute atomic E-state index is 0.0109. The van der Waals surface area contributed by atoms with E-state index < -0.39 is 5.60 Å². The number of carbonyl (C=O) groups is 3. The molecule has 0 radical (unpaired) electrons. The maximum Gasteiger partial charge on any atom is 0.303 e. The molecule has 0 aromatic rings. The monoisotopic (exact) mass is 413 g/mol. The normalized spacial score (nSPS) is 42.3. The zero-order valence-electron chi connectivity index (χ0n) is 19.2. The third-order valence-electron chi connectivity index (χ3n) is 9.02. The van der Waals surface area contributed by atoms with E-state index in [1.165, 1.54) is 18.1 Å². The fourth-order valence-electron chi connectivity index (χ4n) is 7.58. The van der Waals surface area contributed by atoms with Crippen LogP contribution in [0.5, 0.6) is 0 Å². The number of ether oxygens (including phenoxy) is 1. The summed E-state index contributed by atoms with van der Waals surface area (Å²) in [5, 5.41) is 0. The number of rotatable bonds is 2. The predicted octanol–water partition coefficient (Wildman–Crippen LogP) is 4.07. The molecule has 164 valence electrons. The number of ketones is 1. The number of carbonyl (C=O) groups excluding carboxylic acids is 3. The average Bonchev–Trinajstić information content (AvgIpc) is 2.95. The Balaban J connectivity index is 1.80. The molecule has 5 heteroatoms. The van der Waals surface area contributed by atoms with E-state index in [4.69, 9.17) is 4.74 Å². The summed E-state index contributed by atoms with van der Waals surface area (Å²) in [6.07, 6.45) is 9.06. The van der Waals surface area contributed by atoms with Gasteiger partial charge in [-0.05, 0) is 73.8 Å². The van der Waals surface area contributed by atoms with Gasteiger partial charge in [0.2, 0.25) is 0 Å². The molecule has 0 aromatic heterocycles. The fraction of sp³-hybridized carbons (Fsp3) is 0.720. The van der Waals surface area contributed by atoms with Crippen molar-refractivity contribution in [2.24, 2.45) is 28.6 Å². The summed E-state index contributed by atoms with van der Waals surface area (Å²) in [6, 6.07) is 0. The lowest BCUT2D eigenvalue weighted by molar-refractivity contribution is -0.192. The third kappa shape index (κ3) is 2.69. The SMILES string of the molecule is CC(=O)OC1(C(=O)N(C)C)CCC2C3C=C(C)C4=CC(=O)CC[C@]4(C)C3CC[C@@]21C. The summed E-state index contributed by atoms with van der Waals surface area (Å²) in [4.78, 5) is 39.2. The Morgan fingerprint density at radius 3 is 2.40 bits per heavy atom. The molecule has 0 saturated heterocycles. The molecule has 4 unspecified atom stereocenters. The van der Waals surface area contributed by atoms with Crippen LogP contribution in [0.1, 0.15) is 66.2 Å². The highest BCUT2D eigenvalue weighted by atomic mass is 16.6. The molecular weight excluding hydrogens is 378 g/mol. The molecule has 0 bridgehead atoms. The van der Waals surface area contributed by atoms with Crippen LogP contribution in [0.25, 0.3) is 0 Å². The predicted molar refractivity (Wildman–Crippen MR) is 114 cm³/mol. The number of hydrogen-bond donors (Lipinski definition) is 0. The van der Waals surface area contributed by atoms with Crippen molar-refractivity contribution in [1.82, 2.24) is 4.90 Å². The van der Waals surface area contributed by atoms with Crippen molar-refractivity contribution in [2.45, 2.75) is 71.8 Å². The van der Waals surface area contributed by atoms with Crippen molar-refractivity contribution in [3.63, 3.8) is 0 Å². The van der Waals surface area contributed by atoms with Gasteiger partial charge in [-0.25, -0.2) is 0 Å². The molecule has 2 saturated carbocycles. The first-order valence-corrected chi connectivity index (χ1v) is 11.3. The number of esters is 1. The van der Waals surface area contributed by atoms with Gasteiger partial charge in [0, 0.05) is 32.9 Å². The van der Waals surface area contributed by atoms with Crippen LogP contribution in [0.15, 0.2) is 23.3 Å². The molecule has 1 amide bonds. The minimum atomic E-state index is -1.08. The molecule has 6 atom stereocenters. The smallest absolute Gasteiger partial charge is 0.303 e. The lowest BCUT2D eigenvalue weighted by atomic mass is 9.47. The second-order valence-electron chi connectivity index (χ2n) is 10.7. The molecule has 0 spiro atoms. The summed E-state index contributed by atoms with van der Waals surface area (Å²) in [7, 11) is 3.50. The first-order valence-electron chi connectivity index (χ1n) is 11.3. The van der Waals surface area contributed by atoms with Gasteiger partial charge in [-0.3, -0.25) is 14.4 Å². The Hall–Kier alpha value is -1.91. The summed E-state index contributed by atoms with van der Waals surface area (Å²) >= 11 is 0. The van der Waals surface area contributed by atoms with Crippen LogP contribution >= 0.6 is 0 Å². The second-order valence-corrected chi connectivity index (χ2v) is 10.7. The van der Waals surface area contributed by atoms with E-state index in [0.29, 0.717) is 24.7 Å². The van der Waals surface area contributed by atoms with Crippen LogP contribution in [-0.4, -0.2) is 42.3 Å². The standard InChI is InChI=1S/C25H35NO4/c1-15-13-18-19(23(3)10-7-17(28)14-21(15)23)8-11-24(4)20(18)9-12-25(24,30-16(2)27)22(29)26(5)6/h13-14,18-20H,7-12H2,1-6H3/t18?,19?,20?,23-,24+,25?/m1/s1. The van der Waals surface area contributed by atoms with Gasteiger partial charge >= 0.3 is 5.97 Å². The number of fused-ring (bicyclic) bond motifs is 5. The molecule has 4 aliphatic rings. The van der Waals surface area contributed by atoms with Crippen molar-refractivity contribution in [2.75, 3.05) is 14.1 Å². The van der Waals surface area contributed by atoms with E-state index in [9.17, 15) is 14.4 Å². The number of hydrogen-bond acceptors (Lipinski definition) is 4. The van der Waals surface area contributed by atoms with Gasteiger partial charge in [0.15, 0.2) is 11.4 Å². The molecule has 0 aromatic carbocycles. The van der Waals surface area contributed by atoms with Gasteiger partial charge in [-0.15, -0.1) is 0 Å². The molecule has 4 aliphatic carbocycles. The maximum absolute atomic E-state index is 13.4. The van der Waals surface area contributed by atoms with Gasteiger partial charge < -0.3 is 9.64 Å². The molecule has 0 heterocycles. The van der Waals surface area contributed by atoms with E-state index in [2.05, 4.69) is 26.8 Å². The lowest BCUT2D eigenvalue weighted by Gasteiger charge is -2.58. The van der Waals surface area contributed by atoms with Crippen LogP contribution in [0.4, 0.5) is 0 Å². The van der Waals surface area contributed by atoms with Crippen LogP contribution < -0.4 is 0 Å². The Morgan fingerprint density at radius 1 is 1.10 bits per heavy atom. The topological polar surface area (TPSA) is 63.7 Å². The quantitative estimate of drug-likeness (QED) is 0.640. The number of amides is 1. The van der Waals surface area contributed by atoms with Gasteiger partial charge in [0.1, 0.15) is 0 Å². The summed E-state index contributed by atoms with van der Waals surface area (Å²) < 4.78 is 5.94. The zero-order chi connectivity index (χ0) is 22.1. The van der Waals surface area contributed by atoms with Gasteiger partial charge in [0.05, 0.1) is 0 Å². The molecule has 5 nitrogen and oxygen atoms in total. The van der Waals surface area contributed by atoms with Crippen molar-refractivity contribution in [3.8, 4) is 0 Å². The molecule has 0 aliphatic heterocycles. The van der Waals surface area contributed by atoms with Crippen LogP contribution in [-0.2, 0) is 19.1 Å². The summed E-state index contributed by atoms with van der Waals surface area (Å²) in [6.45, 7) is 8.05. The minimum Gasteiger partial charge on any atom is -0.449 e. The summed E-state index contributed by atoms with van der Waals surface area (Å²) in [5.41, 5.74) is 0.966. The van der Waals surface area contributed by atoms with Crippen molar-refractivity contribution < 1.29 is 19.1 Å². The fourth-order valence-corrected chi connectivity index (χ4v) is 7.58. The van der Waals surface area contributed by atoms with Crippen molar-refractivity contribution >= 4 is 17.7 Å². The van der Waals surface area contributed by atoms with Crippen LogP contribution in [0.3, 0.4) is 0 Å². The van der Waals surface area contributed by atoms with Gasteiger partial charge in [-0.1, -0.05) is 25.5 Å². The third-order valence-corrected chi connectivity index (χ3v) is 9.02. The largest absolute Gasteiger partial charge is 0.449 e. The van der Waals surface area contributed by atoms with E-state index in [1.54, 1.807) is 19.0 Å². The molecule has 2 fully saturated rings. The summed E-state index contributed by atoms with van der Waals surface area (Å²) in [5.74, 6) is 0.846. The highest BCUT2D eigenvalue weighted by Gasteiger charge is 2.69. The highest BCUT2D eigenvalue weighted by Crippen LogP contribution is 2.67. The van der Waals surface area contributed by atoms with E-state index in [-0.39, 0.29) is 34.4 Å². The van der Waals surface area contributed by atoms with Crippen LogP contribution in [0, 0.1) is 28.6 Å². The second kappa shape index (κ2) is 6.80. The Kier molecular flexibility index (Phi) is 4.83. The van der Waals surface area contributed by atoms with E-state index >= 15 is 0 Å². The Morgan fingerprint density at radius 2 is 1.77 bits per heavy atom. The number of allylic oxidation sites excluding steroid dienone is 4. The first-order chi connectivity index (χ1) is 14.0. The van der Waals surface area contributed by atoms with Gasteiger partial charge in [-0.2, -0.15) is 0 Å². The van der Waals surface area contributed by atoms with E-state index in [1.807, 2.05) is 6.08 Å². The first kappa shape index (κ1) is 21.3. The van der Waals surface area contributed by atoms with E-state index in [0.717, 1.165) is 25.7 Å². The Labute approximate surface area is 179 Å². The maximum atomic E-state index is 13.4. The molecule has 0 N–H and O–H groups in total. The zero-order valence-corrected chi connectivity index (χ0v) is 19.2. The lowest BCUT2D eigenvalue weighted by Crippen LogP contribution is -2.61.